The first-order valence-electron chi connectivity index (χ1n) is 10.2. The minimum absolute atomic E-state index is 0.0578. The monoisotopic (exact) mass is 394 g/mol. The van der Waals surface area contributed by atoms with Crippen LogP contribution < -0.4 is 16.8 Å². The molecule has 0 spiro atoms. The SMILES string of the molecule is CC(C(=O)Nc1ccc(CN2CCCC(C(N)=O)C2)cc1)C(N)c1ccccc1. The third-order valence-corrected chi connectivity index (χ3v) is 5.67. The van der Waals surface area contributed by atoms with Crippen molar-refractivity contribution in [3.05, 3.63) is 65.7 Å². The van der Waals surface area contributed by atoms with Crippen LogP contribution >= 0.6 is 0 Å². The van der Waals surface area contributed by atoms with Gasteiger partial charge < -0.3 is 16.8 Å². The number of likely N-dealkylation sites (tertiary alicyclic amines) is 1. The van der Waals surface area contributed by atoms with E-state index in [4.69, 9.17) is 11.5 Å². The first kappa shape index (κ1) is 21.0. The van der Waals surface area contributed by atoms with Crippen LogP contribution in [0, 0.1) is 11.8 Å². The number of hydrogen-bond donors (Lipinski definition) is 3. The van der Waals surface area contributed by atoms with E-state index in [2.05, 4.69) is 10.2 Å². The highest BCUT2D eigenvalue weighted by Gasteiger charge is 2.24. The number of carbonyl (C=O) groups excluding carboxylic acids is 2. The lowest BCUT2D eigenvalue weighted by atomic mass is 9.94. The molecule has 0 aromatic heterocycles. The fourth-order valence-corrected chi connectivity index (χ4v) is 3.77. The number of benzene rings is 2. The van der Waals surface area contributed by atoms with Gasteiger partial charge in [-0.3, -0.25) is 14.5 Å². The average Bonchev–Trinajstić information content (AvgIpc) is 2.75. The van der Waals surface area contributed by atoms with Crippen LogP contribution in [-0.2, 0) is 16.1 Å². The van der Waals surface area contributed by atoms with Gasteiger partial charge in [-0.25, -0.2) is 0 Å². The normalized spacial score (nSPS) is 19.3. The number of nitrogens with one attached hydrogen (secondary N) is 1. The molecule has 2 aromatic carbocycles. The minimum Gasteiger partial charge on any atom is -0.369 e. The summed E-state index contributed by atoms with van der Waals surface area (Å²) in [7, 11) is 0. The van der Waals surface area contributed by atoms with Gasteiger partial charge in [0.05, 0.1) is 11.8 Å². The average molecular weight is 395 g/mol. The summed E-state index contributed by atoms with van der Waals surface area (Å²) in [6.07, 6.45) is 1.86. The van der Waals surface area contributed by atoms with Gasteiger partial charge in [0.15, 0.2) is 0 Å². The summed E-state index contributed by atoms with van der Waals surface area (Å²) in [6.45, 7) is 4.29. The molecule has 1 aliphatic heterocycles. The summed E-state index contributed by atoms with van der Waals surface area (Å²) < 4.78 is 0. The molecule has 5 N–H and O–H groups in total. The lowest BCUT2D eigenvalue weighted by Gasteiger charge is -2.31. The van der Waals surface area contributed by atoms with Crippen LogP contribution in [0.2, 0.25) is 0 Å². The van der Waals surface area contributed by atoms with E-state index < -0.39 is 0 Å². The van der Waals surface area contributed by atoms with Gasteiger partial charge >= 0.3 is 0 Å². The Morgan fingerprint density at radius 2 is 1.83 bits per heavy atom. The molecule has 3 atom stereocenters. The second-order valence-electron chi connectivity index (χ2n) is 7.89. The van der Waals surface area contributed by atoms with Gasteiger partial charge in [0.25, 0.3) is 0 Å². The standard InChI is InChI=1S/C23H30N4O2/c1-16(21(24)18-6-3-2-4-7-18)23(29)26-20-11-9-17(10-12-20)14-27-13-5-8-19(15-27)22(25)28/h2-4,6-7,9-12,16,19,21H,5,8,13-15,24H2,1H3,(H2,25,28)(H,26,29). The van der Waals surface area contributed by atoms with E-state index in [1.165, 1.54) is 0 Å². The fourth-order valence-electron chi connectivity index (χ4n) is 3.77. The van der Waals surface area contributed by atoms with Crippen LogP contribution in [0.1, 0.15) is 36.9 Å². The molecule has 3 rings (SSSR count). The summed E-state index contributed by atoms with van der Waals surface area (Å²) >= 11 is 0. The van der Waals surface area contributed by atoms with E-state index in [0.717, 1.165) is 42.7 Å². The molecule has 1 heterocycles. The van der Waals surface area contributed by atoms with Crippen molar-refractivity contribution in [1.82, 2.24) is 4.90 Å². The molecule has 6 heteroatoms. The third-order valence-electron chi connectivity index (χ3n) is 5.67. The Kier molecular flexibility index (Phi) is 7.01. The predicted molar refractivity (Wildman–Crippen MR) is 115 cm³/mol. The number of amides is 2. The van der Waals surface area contributed by atoms with Crippen molar-refractivity contribution in [2.24, 2.45) is 23.3 Å². The molecule has 154 valence electrons. The predicted octanol–water partition coefficient (Wildman–Crippen LogP) is 2.66. The number of hydrogen-bond acceptors (Lipinski definition) is 4. The number of primary amides is 1. The smallest absolute Gasteiger partial charge is 0.229 e. The molecule has 0 radical (unpaired) electrons. The maximum Gasteiger partial charge on any atom is 0.229 e. The summed E-state index contributed by atoms with van der Waals surface area (Å²) in [5, 5.41) is 2.95. The van der Waals surface area contributed by atoms with Crippen molar-refractivity contribution in [1.29, 1.82) is 0 Å². The Morgan fingerprint density at radius 3 is 2.48 bits per heavy atom. The van der Waals surface area contributed by atoms with E-state index >= 15 is 0 Å². The van der Waals surface area contributed by atoms with Gasteiger partial charge in [-0.05, 0) is 42.6 Å². The van der Waals surface area contributed by atoms with Crippen molar-refractivity contribution in [3.63, 3.8) is 0 Å². The maximum atomic E-state index is 12.6. The fraction of sp³-hybridized carbons (Fsp3) is 0.391. The van der Waals surface area contributed by atoms with Crippen LogP contribution in [0.3, 0.4) is 0 Å². The second kappa shape index (κ2) is 9.67. The molecule has 2 amide bonds. The number of rotatable bonds is 7. The highest BCUT2D eigenvalue weighted by Crippen LogP contribution is 2.22. The molecular weight excluding hydrogens is 364 g/mol. The topological polar surface area (TPSA) is 101 Å². The molecule has 6 nitrogen and oxygen atoms in total. The Labute approximate surface area is 172 Å². The Bertz CT molecular complexity index is 823. The largest absolute Gasteiger partial charge is 0.369 e. The third kappa shape index (κ3) is 5.65. The number of nitrogens with two attached hydrogens (primary N) is 2. The molecule has 3 unspecified atom stereocenters. The molecule has 0 bridgehead atoms. The number of carbonyl (C=O) groups is 2. The summed E-state index contributed by atoms with van der Waals surface area (Å²) in [5.41, 5.74) is 14.5. The lowest BCUT2D eigenvalue weighted by Crippen LogP contribution is -2.40. The van der Waals surface area contributed by atoms with Crippen LogP contribution in [0.5, 0.6) is 0 Å². The van der Waals surface area contributed by atoms with Gasteiger partial charge in [0.1, 0.15) is 0 Å². The van der Waals surface area contributed by atoms with Crippen molar-refractivity contribution in [2.45, 2.75) is 32.4 Å². The molecule has 29 heavy (non-hydrogen) atoms. The first-order valence-corrected chi connectivity index (χ1v) is 10.2. The highest BCUT2D eigenvalue weighted by molar-refractivity contribution is 5.92. The van der Waals surface area contributed by atoms with Gasteiger partial charge in [-0.15, -0.1) is 0 Å². The van der Waals surface area contributed by atoms with E-state index in [1.54, 1.807) is 0 Å². The summed E-state index contributed by atoms with van der Waals surface area (Å²) in [5.74, 6) is -0.723. The van der Waals surface area contributed by atoms with Crippen LogP contribution in [0.15, 0.2) is 54.6 Å². The van der Waals surface area contributed by atoms with E-state index in [0.29, 0.717) is 6.54 Å². The van der Waals surface area contributed by atoms with Crippen molar-refractivity contribution < 1.29 is 9.59 Å². The summed E-state index contributed by atoms with van der Waals surface area (Å²) in [4.78, 5) is 26.3. The molecule has 0 aliphatic carbocycles. The van der Waals surface area contributed by atoms with Crippen molar-refractivity contribution >= 4 is 17.5 Å². The van der Waals surface area contributed by atoms with Crippen molar-refractivity contribution in [2.75, 3.05) is 18.4 Å². The van der Waals surface area contributed by atoms with Crippen molar-refractivity contribution in [3.8, 4) is 0 Å². The van der Waals surface area contributed by atoms with Crippen LogP contribution in [0.4, 0.5) is 5.69 Å². The van der Waals surface area contributed by atoms with E-state index in [-0.39, 0.29) is 29.7 Å². The van der Waals surface area contributed by atoms with E-state index in [1.807, 2.05) is 61.5 Å². The Morgan fingerprint density at radius 1 is 1.14 bits per heavy atom. The zero-order chi connectivity index (χ0) is 20.8. The molecular formula is C23H30N4O2. The lowest BCUT2D eigenvalue weighted by molar-refractivity contribution is -0.123. The van der Waals surface area contributed by atoms with Gasteiger partial charge in [-0.1, -0.05) is 49.4 Å². The second-order valence-corrected chi connectivity index (χ2v) is 7.89. The first-order chi connectivity index (χ1) is 13.9. The quantitative estimate of drug-likeness (QED) is 0.672. The Hall–Kier alpha value is -2.70. The number of nitrogens with zero attached hydrogens (tertiary/aromatic N) is 1. The number of anilines is 1. The maximum absolute atomic E-state index is 12.6. The molecule has 1 saturated heterocycles. The number of piperidine rings is 1. The molecule has 1 aliphatic rings. The molecule has 2 aromatic rings. The zero-order valence-corrected chi connectivity index (χ0v) is 16.9. The molecule has 1 fully saturated rings. The zero-order valence-electron chi connectivity index (χ0n) is 16.9. The van der Waals surface area contributed by atoms with Crippen LogP contribution in [-0.4, -0.2) is 29.8 Å². The van der Waals surface area contributed by atoms with E-state index in [9.17, 15) is 9.59 Å². The highest BCUT2D eigenvalue weighted by atomic mass is 16.2. The summed E-state index contributed by atoms with van der Waals surface area (Å²) in [6, 6.07) is 17.1. The Balaban J connectivity index is 1.54. The minimum atomic E-state index is -0.354. The van der Waals surface area contributed by atoms with Crippen LogP contribution in [0.25, 0.3) is 0 Å². The van der Waals surface area contributed by atoms with Gasteiger partial charge in [0, 0.05) is 24.8 Å². The molecule has 0 saturated carbocycles. The van der Waals surface area contributed by atoms with Gasteiger partial charge in [-0.2, -0.15) is 0 Å². The van der Waals surface area contributed by atoms with Gasteiger partial charge in [0.2, 0.25) is 11.8 Å².